The predicted molar refractivity (Wildman–Crippen MR) is 69.3 cm³/mol. The molecule has 4 nitrogen and oxygen atoms in total. The van der Waals surface area contributed by atoms with Gasteiger partial charge in [0.25, 0.3) is 0 Å². The van der Waals surface area contributed by atoms with Crippen molar-refractivity contribution in [2.75, 3.05) is 20.3 Å². The monoisotopic (exact) mass is 236 g/mol. The van der Waals surface area contributed by atoms with E-state index < -0.39 is 0 Å². The molecule has 0 aliphatic carbocycles. The van der Waals surface area contributed by atoms with Gasteiger partial charge in [-0.2, -0.15) is 0 Å². The summed E-state index contributed by atoms with van der Waals surface area (Å²) in [7, 11) is 1.61. The zero-order valence-corrected chi connectivity index (χ0v) is 10.5. The first-order valence-electron chi connectivity index (χ1n) is 5.81. The molecule has 0 radical (unpaired) electrons. The first-order chi connectivity index (χ1) is 8.22. The fourth-order valence-electron chi connectivity index (χ4n) is 1.56. The number of nitrogens with two attached hydrogens (primary N) is 1. The minimum absolute atomic E-state index is 0.579. The van der Waals surface area contributed by atoms with E-state index in [0.29, 0.717) is 36.8 Å². The average Bonchev–Trinajstić information content (AvgIpc) is 2.36. The lowest BCUT2D eigenvalue weighted by atomic mass is 10.1. The van der Waals surface area contributed by atoms with Crippen molar-refractivity contribution in [3.05, 3.63) is 23.8 Å². The lowest BCUT2D eigenvalue weighted by Crippen LogP contribution is -2.05. The van der Waals surface area contributed by atoms with E-state index in [9.17, 15) is 0 Å². The van der Waals surface area contributed by atoms with Crippen LogP contribution in [0.15, 0.2) is 18.2 Å². The highest BCUT2D eigenvalue weighted by atomic mass is 16.5. The number of hydrogen-bond acceptors (Lipinski definition) is 4. The molecule has 0 atom stereocenters. The van der Waals surface area contributed by atoms with Crippen LogP contribution in [0.4, 0.5) is 0 Å². The molecular formula is C13H20N2O2. The molecule has 3 N–H and O–H groups in total. The number of hydrogen-bond donors (Lipinski definition) is 2. The molecule has 1 aromatic rings. The Hall–Kier alpha value is -1.55. The standard InChI is InChI=1S/C13H20N2O2/c1-3-17-13-9-10(6-7-12(13)16-2)11(15)5-4-8-14/h6-7,9,15H,3-5,8,14H2,1-2H3. The van der Waals surface area contributed by atoms with Crippen molar-refractivity contribution >= 4 is 5.71 Å². The minimum Gasteiger partial charge on any atom is -0.493 e. The maximum Gasteiger partial charge on any atom is 0.161 e. The SMILES string of the molecule is CCOc1cc(C(=N)CCCN)ccc1OC. The molecule has 0 spiro atoms. The summed E-state index contributed by atoms with van der Waals surface area (Å²) in [4.78, 5) is 0. The Morgan fingerprint density at radius 2 is 2.12 bits per heavy atom. The fourth-order valence-corrected chi connectivity index (χ4v) is 1.56. The van der Waals surface area contributed by atoms with Crippen molar-refractivity contribution in [2.45, 2.75) is 19.8 Å². The Bertz CT molecular complexity index is 378. The van der Waals surface area contributed by atoms with Crippen LogP contribution in [0, 0.1) is 5.41 Å². The van der Waals surface area contributed by atoms with Gasteiger partial charge < -0.3 is 20.6 Å². The molecule has 0 aliphatic rings. The van der Waals surface area contributed by atoms with Gasteiger partial charge in [0.05, 0.1) is 13.7 Å². The first-order valence-corrected chi connectivity index (χ1v) is 5.81. The van der Waals surface area contributed by atoms with Crippen LogP contribution in [0.2, 0.25) is 0 Å². The van der Waals surface area contributed by atoms with Gasteiger partial charge in [0, 0.05) is 5.71 Å². The molecule has 0 amide bonds. The van der Waals surface area contributed by atoms with Crippen molar-refractivity contribution in [1.29, 1.82) is 5.41 Å². The summed E-state index contributed by atoms with van der Waals surface area (Å²) < 4.78 is 10.7. The van der Waals surface area contributed by atoms with E-state index in [1.165, 1.54) is 0 Å². The van der Waals surface area contributed by atoms with Crippen LogP contribution in [-0.2, 0) is 0 Å². The zero-order valence-electron chi connectivity index (χ0n) is 10.5. The molecule has 0 aliphatic heterocycles. The van der Waals surface area contributed by atoms with E-state index in [-0.39, 0.29) is 0 Å². The Balaban J connectivity index is 2.87. The van der Waals surface area contributed by atoms with Gasteiger partial charge in [0.15, 0.2) is 11.5 Å². The molecule has 1 aromatic carbocycles. The van der Waals surface area contributed by atoms with Crippen molar-refractivity contribution in [1.82, 2.24) is 0 Å². The number of nitrogens with one attached hydrogen (secondary N) is 1. The van der Waals surface area contributed by atoms with Gasteiger partial charge in [0.2, 0.25) is 0 Å². The quantitative estimate of drug-likeness (QED) is 0.713. The minimum atomic E-state index is 0.579. The summed E-state index contributed by atoms with van der Waals surface area (Å²) in [5, 5.41) is 7.94. The van der Waals surface area contributed by atoms with Crippen LogP contribution >= 0.6 is 0 Å². The number of ether oxygens (including phenoxy) is 2. The molecule has 4 heteroatoms. The highest BCUT2D eigenvalue weighted by molar-refractivity contribution is 5.98. The maximum atomic E-state index is 7.94. The topological polar surface area (TPSA) is 68.3 Å². The number of benzene rings is 1. The summed E-state index contributed by atoms with van der Waals surface area (Å²) in [5.74, 6) is 1.38. The Labute approximate surface area is 102 Å². The lowest BCUT2D eigenvalue weighted by Gasteiger charge is -2.11. The van der Waals surface area contributed by atoms with E-state index in [0.717, 1.165) is 12.0 Å². The molecule has 0 saturated carbocycles. The predicted octanol–water partition coefficient (Wildman–Crippen LogP) is 2.20. The summed E-state index contributed by atoms with van der Waals surface area (Å²) in [6, 6.07) is 5.55. The molecule has 0 bridgehead atoms. The highest BCUT2D eigenvalue weighted by Gasteiger charge is 2.08. The van der Waals surface area contributed by atoms with E-state index in [4.69, 9.17) is 20.6 Å². The van der Waals surface area contributed by atoms with E-state index >= 15 is 0 Å². The molecule has 94 valence electrons. The van der Waals surface area contributed by atoms with E-state index in [1.807, 2.05) is 25.1 Å². The molecule has 0 saturated heterocycles. The lowest BCUT2D eigenvalue weighted by molar-refractivity contribution is 0.311. The zero-order chi connectivity index (χ0) is 12.7. The molecule has 0 unspecified atom stereocenters. The number of methoxy groups -OCH3 is 1. The summed E-state index contributed by atoms with van der Waals surface area (Å²) in [6.07, 6.45) is 1.52. The molecule has 0 heterocycles. The van der Waals surface area contributed by atoms with Crippen LogP contribution in [0.5, 0.6) is 11.5 Å². The second-order valence-electron chi connectivity index (χ2n) is 3.67. The van der Waals surface area contributed by atoms with Crippen molar-refractivity contribution in [3.8, 4) is 11.5 Å². The average molecular weight is 236 g/mol. The van der Waals surface area contributed by atoms with Crippen molar-refractivity contribution in [2.24, 2.45) is 5.73 Å². The molecule has 0 fully saturated rings. The van der Waals surface area contributed by atoms with Crippen LogP contribution in [0.25, 0.3) is 0 Å². The van der Waals surface area contributed by atoms with E-state index in [2.05, 4.69) is 0 Å². The van der Waals surface area contributed by atoms with Gasteiger partial charge in [-0.05, 0) is 50.1 Å². The van der Waals surface area contributed by atoms with Gasteiger partial charge in [-0.15, -0.1) is 0 Å². The smallest absolute Gasteiger partial charge is 0.161 e. The van der Waals surface area contributed by atoms with Crippen LogP contribution in [-0.4, -0.2) is 26.0 Å². The number of rotatable bonds is 7. The Kier molecular flexibility index (Phi) is 5.49. The third-order valence-electron chi connectivity index (χ3n) is 2.44. The second kappa shape index (κ2) is 6.91. The summed E-state index contributed by atoms with van der Waals surface area (Å²) in [6.45, 7) is 3.11. The van der Waals surface area contributed by atoms with Crippen LogP contribution in [0.1, 0.15) is 25.3 Å². The second-order valence-corrected chi connectivity index (χ2v) is 3.67. The van der Waals surface area contributed by atoms with Gasteiger partial charge in [-0.3, -0.25) is 0 Å². The third kappa shape index (κ3) is 3.75. The van der Waals surface area contributed by atoms with Gasteiger partial charge in [-0.1, -0.05) is 0 Å². The van der Waals surface area contributed by atoms with Crippen molar-refractivity contribution in [3.63, 3.8) is 0 Å². The van der Waals surface area contributed by atoms with Gasteiger partial charge >= 0.3 is 0 Å². The summed E-state index contributed by atoms with van der Waals surface area (Å²) in [5.41, 5.74) is 6.88. The fraction of sp³-hybridized carbons (Fsp3) is 0.462. The van der Waals surface area contributed by atoms with E-state index in [1.54, 1.807) is 7.11 Å². The van der Waals surface area contributed by atoms with Crippen LogP contribution < -0.4 is 15.2 Å². The third-order valence-corrected chi connectivity index (χ3v) is 2.44. The molecular weight excluding hydrogens is 216 g/mol. The van der Waals surface area contributed by atoms with Crippen LogP contribution in [0.3, 0.4) is 0 Å². The Morgan fingerprint density at radius 1 is 1.35 bits per heavy atom. The largest absolute Gasteiger partial charge is 0.493 e. The Morgan fingerprint density at radius 3 is 2.71 bits per heavy atom. The van der Waals surface area contributed by atoms with Gasteiger partial charge in [-0.25, -0.2) is 0 Å². The molecule has 0 aromatic heterocycles. The molecule has 1 rings (SSSR count). The molecule has 17 heavy (non-hydrogen) atoms. The first kappa shape index (κ1) is 13.5. The summed E-state index contributed by atoms with van der Waals surface area (Å²) >= 11 is 0. The van der Waals surface area contributed by atoms with Gasteiger partial charge in [0.1, 0.15) is 0 Å². The van der Waals surface area contributed by atoms with Crippen molar-refractivity contribution < 1.29 is 9.47 Å². The highest BCUT2D eigenvalue weighted by Crippen LogP contribution is 2.28. The maximum absolute atomic E-state index is 7.94. The normalized spacial score (nSPS) is 10.1.